The van der Waals surface area contributed by atoms with E-state index in [1.54, 1.807) is 37.7 Å². The van der Waals surface area contributed by atoms with Crippen LogP contribution >= 0.6 is 0 Å². The standard InChI is InChI=1S/C14H23N3O4/c1-5-8-17-11(6-7-15-17)10(9-12(18)19)16-13(20)21-14(2,3)4/h6-7,10H,5,8-9H2,1-4H3,(H,16,20)(H,18,19)/t10-/m1/s1. The smallest absolute Gasteiger partial charge is 0.408 e. The molecule has 0 saturated heterocycles. The quantitative estimate of drug-likeness (QED) is 0.840. The van der Waals surface area contributed by atoms with Crippen LogP contribution < -0.4 is 5.32 Å². The normalized spacial score (nSPS) is 12.8. The van der Waals surface area contributed by atoms with E-state index in [0.29, 0.717) is 12.2 Å². The highest BCUT2D eigenvalue weighted by Gasteiger charge is 2.24. The summed E-state index contributed by atoms with van der Waals surface area (Å²) in [5, 5.41) is 15.8. The number of ether oxygens (including phenoxy) is 1. The van der Waals surface area contributed by atoms with Gasteiger partial charge in [0.25, 0.3) is 0 Å². The van der Waals surface area contributed by atoms with Crippen LogP contribution in [-0.4, -0.2) is 32.6 Å². The molecule has 2 N–H and O–H groups in total. The zero-order valence-electron chi connectivity index (χ0n) is 12.9. The first-order chi connectivity index (χ1) is 9.73. The lowest BCUT2D eigenvalue weighted by molar-refractivity contribution is -0.137. The molecule has 1 rings (SSSR count). The molecule has 1 amide bonds. The molecule has 7 nitrogen and oxygen atoms in total. The van der Waals surface area contributed by atoms with Crippen LogP contribution in [0.3, 0.4) is 0 Å². The van der Waals surface area contributed by atoms with Crippen LogP contribution in [0.1, 0.15) is 52.3 Å². The maximum Gasteiger partial charge on any atom is 0.408 e. The van der Waals surface area contributed by atoms with Crippen molar-refractivity contribution in [2.24, 2.45) is 0 Å². The monoisotopic (exact) mass is 297 g/mol. The molecule has 0 aliphatic rings. The second-order valence-electron chi connectivity index (χ2n) is 5.78. The van der Waals surface area contributed by atoms with Gasteiger partial charge in [-0.25, -0.2) is 4.79 Å². The number of carbonyl (C=O) groups is 2. The molecule has 21 heavy (non-hydrogen) atoms. The molecule has 0 spiro atoms. The fourth-order valence-electron chi connectivity index (χ4n) is 1.89. The Labute approximate surface area is 124 Å². The lowest BCUT2D eigenvalue weighted by Gasteiger charge is -2.23. The molecule has 0 radical (unpaired) electrons. The fraction of sp³-hybridized carbons (Fsp3) is 0.643. The van der Waals surface area contributed by atoms with Gasteiger partial charge in [0, 0.05) is 12.7 Å². The Morgan fingerprint density at radius 3 is 2.67 bits per heavy atom. The van der Waals surface area contributed by atoms with Crippen molar-refractivity contribution >= 4 is 12.1 Å². The molecule has 0 aliphatic heterocycles. The number of aliphatic carboxylic acids is 1. The molecule has 0 saturated carbocycles. The van der Waals surface area contributed by atoms with E-state index in [2.05, 4.69) is 10.4 Å². The van der Waals surface area contributed by atoms with Gasteiger partial charge >= 0.3 is 12.1 Å². The van der Waals surface area contributed by atoms with Gasteiger partial charge < -0.3 is 15.2 Å². The summed E-state index contributed by atoms with van der Waals surface area (Å²) in [5.74, 6) is -1.000. The number of carbonyl (C=O) groups excluding carboxylic acids is 1. The van der Waals surface area contributed by atoms with Gasteiger partial charge in [-0.15, -0.1) is 0 Å². The Kier molecular flexibility index (Phi) is 5.75. The Bertz CT molecular complexity index is 491. The van der Waals surface area contributed by atoms with Crippen molar-refractivity contribution in [1.82, 2.24) is 15.1 Å². The molecule has 0 aromatic carbocycles. The number of amides is 1. The summed E-state index contributed by atoms with van der Waals surface area (Å²) in [4.78, 5) is 22.9. The molecule has 0 aliphatic carbocycles. The zero-order chi connectivity index (χ0) is 16.0. The van der Waals surface area contributed by atoms with Crippen molar-refractivity contribution in [3.63, 3.8) is 0 Å². The molecule has 0 unspecified atom stereocenters. The Balaban J connectivity index is 2.87. The molecule has 7 heteroatoms. The number of carboxylic acids is 1. The fourth-order valence-corrected chi connectivity index (χ4v) is 1.89. The van der Waals surface area contributed by atoms with Crippen LogP contribution in [0, 0.1) is 0 Å². The van der Waals surface area contributed by atoms with Crippen LogP contribution in [-0.2, 0) is 16.1 Å². The van der Waals surface area contributed by atoms with Crippen molar-refractivity contribution in [2.75, 3.05) is 0 Å². The van der Waals surface area contributed by atoms with Crippen LogP contribution in [0.5, 0.6) is 0 Å². The summed E-state index contributed by atoms with van der Waals surface area (Å²) in [6, 6.07) is 1.03. The molecular formula is C14H23N3O4. The maximum atomic E-state index is 11.9. The molecule has 0 bridgehead atoms. The summed E-state index contributed by atoms with van der Waals surface area (Å²) < 4.78 is 6.87. The first-order valence-corrected chi connectivity index (χ1v) is 6.96. The van der Waals surface area contributed by atoms with E-state index in [4.69, 9.17) is 9.84 Å². The Hall–Kier alpha value is -2.05. The largest absolute Gasteiger partial charge is 0.481 e. The van der Waals surface area contributed by atoms with Gasteiger partial charge in [0.1, 0.15) is 5.60 Å². The molecular weight excluding hydrogens is 274 g/mol. The summed E-state index contributed by atoms with van der Waals surface area (Å²) in [6.45, 7) is 7.91. The van der Waals surface area contributed by atoms with Crippen LogP contribution in [0.4, 0.5) is 4.79 Å². The Morgan fingerprint density at radius 1 is 1.48 bits per heavy atom. The summed E-state index contributed by atoms with van der Waals surface area (Å²) in [6.07, 6.45) is 1.59. The summed E-state index contributed by atoms with van der Waals surface area (Å²) >= 11 is 0. The van der Waals surface area contributed by atoms with Gasteiger partial charge in [0.2, 0.25) is 0 Å². The van der Waals surface area contributed by atoms with Crippen molar-refractivity contribution in [2.45, 2.75) is 58.7 Å². The van der Waals surface area contributed by atoms with Gasteiger partial charge in [-0.3, -0.25) is 9.48 Å². The number of nitrogens with one attached hydrogen (secondary N) is 1. The molecule has 118 valence electrons. The van der Waals surface area contributed by atoms with Gasteiger partial charge in [-0.05, 0) is 33.3 Å². The third kappa shape index (κ3) is 5.85. The first-order valence-electron chi connectivity index (χ1n) is 6.96. The van der Waals surface area contributed by atoms with Crippen molar-refractivity contribution in [1.29, 1.82) is 0 Å². The second kappa shape index (κ2) is 7.10. The number of alkyl carbamates (subject to hydrolysis) is 1. The average Bonchev–Trinajstić information content (AvgIpc) is 2.73. The zero-order valence-corrected chi connectivity index (χ0v) is 12.9. The van der Waals surface area contributed by atoms with E-state index < -0.39 is 23.7 Å². The topological polar surface area (TPSA) is 93.5 Å². The van der Waals surface area contributed by atoms with Crippen molar-refractivity contribution in [3.8, 4) is 0 Å². The number of carboxylic acid groups (broad SMARTS) is 1. The van der Waals surface area contributed by atoms with Crippen LogP contribution in [0.15, 0.2) is 12.3 Å². The number of rotatable bonds is 6. The molecule has 1 atom stereocenters. The molecule has 1 heterocycles. The molecule has 1 aromatic heterocycles. The van der Waals surface area contributed by atoms with E-state index in [1.165, 1.54) is 0 Å². The van der Waals surface area contributed by atoms with Crippen molar-refractivity contribution in [3.05, 3.63) is 18.0 Å². The summed E-state index contributed by atoms with van der Waals surface area (Å²) in [5.41, 5.74) is 0.0201. The second-order valence-corrected chi connectivity index (χ2v) is 5.78. The minimum Gasteiger partial charge on any atom is -0.481 e. The van der Waals surface area contributed by atoms with E-state index in [-0.39, 0.29) is 6.42 Å². The first kappa shape index (κ1) is 17.0. The molecule has 1 aromatic rings. The highest BCUT2D eigenvalue weighted by Crippen LogP contribution is 2.18. The van der Waals surface area contributed by atoms with Gasteiger partial charge in [-0.2, -0.15) is 5.10 Å². The number of hydrogen-bond donors (Lipinski definition) is 2. The van der Waals surface area contributed by atoms with E-state index in [9.17, 15) is 9.59 Å². The average molecular weight is 297 g/mol. The van der Waals surface area contributed by atoms with E-state index in [0.717, 1.165) is 6.42 Å². The lowest BCUT2D eigenvalue weighted by Crippen LogP contribution is -2.36. The van der Waals surface area contributed by atoms with Crippen LogP contribution in [0.2, 0.25) is 0 Å². The number of hydrogen-bond acceptors (Lipinski definition) is 4. The van der Waals surface area contributed by atoms with E-state index in [1.807, 2.05) is 6.92 Å². The predicted octanol–water partition coefficient (Wildman–Crippen LogP) is 2.33. The minimum atomic E-state index is -1.000. The maximum absolute atomic E-state index is 11.9. The van der Waals surface area contributed by atoms with Crippen LogP contribution in [0.25, 0.3) is 0 Å². The SMILES string of the molecule is CCCn1nccc1[C@@H](CC(=O)O)NC(=O)OC(C)(C)C. The Morgan fingerprint density at radius 2 is 2.14 bits per heavy atom. The van der Waals surface area contributed by atoms with E-state index >= 15 is 0 Å². The van der Waals surface area contributed by atoms with Crippen molar-refractivity contribution < 1.29 is 19.4 Å². The third-order valence-corrected chi connectivity index (χ3v) is 2.61. The minimum absolute atomic E-state index is 0.228. The van der Waals surface area contributed by atoms with Gasteiger partial charge in [-0.1, -0.05) is 6.92 Å². The molecule has 0 fully saturated rings. The highest BCUT2D eigenvalue weighted by molar-refractivity contribution is 5.72. The van der Waals surface area contributed by atoms with Gasteiger partial charge in [0.15, 0.2) is 0 Å². The number of aryl methyl sites for hydroxylation is 1. The number of nitrogens with zero attached hydrogens (tertiary/aromatic N) is 2. The number of aromatic nitrogens is 2. The third-order valence-electron chi connectivity index (χ3n) is 2.61. The highest BCUT2D eigenvalue weighted by atomic mass is 16.6. The lowest BCUT2D eigenvalue weighted by atomic mass is 10.1. The van der Waals surface area contributed by atoms with Gasteiger partial charge in [0.05, 0.1) is 18.2 Å². The summed E-state index contributed by atoms with van der Waals surface area (Å²) in [7, 11) is 0. The predicted molar refractivity (Wildman–Crippen MR) is 76.9 cm³/mol.